The Balaban J connectivity index is 2.48. The molecule has 0 radical (unpaired) electrons. The highest BCUT2D eigenvalue weighted by atomic mass is 32.1. The van der Waals surface area contributed by atoms with Crippen LogP contribution in [-0.4, -0.2) is 15.0 Å². The number of nitrogens with zero attached hydrogens (tertiary/aromatic N) is 3. The molecule has 0 aliphatic heterocycles. The van der Waals surface area contributed by atoms with Crippen molar-refractivity contribution in [1.82, 2.24) is 15.0 Å². The van der Waals surface area contributed by atoms with Crippen LogP contribution in [0.4, 0.5) is 0 Å². The largest absolute Gasteiger partial charge is 0.261 e. The van der Waals surface area contributed by atoms with E-state index >= 15 is 0 Å². The van der Waals surface area contributed by atoms with E-state index < -0.39 is 0 Å². The van der Waals surface area contributed by atoms with Crippen LogP contribution in [0.3, 0.4) is 0 Å². The Bertz CT molecular complexity index is 463. The Hall–Kier alpha value is -1.29. The van der Waals surface area contributed by atoms with Gasteiger partial charge in [0.15, 0.2) is 0 Å². The van der Waals surface area contributed by atoms with Gasteiger partial charge in [0.2, 0.25) is 0 Å². The fourth-order valence-corrected chi connectivity index (χ4v) is 2.87. The number of rotatable bonds is 3. The maximum Gasteiger partial charge on any atom is 0.143 e. The Labute approximate surface area is 106 Å². The van der Waals surface area contributed by atoms with Crippen molar-refractivity contribution in [2.24, 2.45) is 0 Å². The van der Waals surface area contributed by atoms with Gasteiger partial charge in [0.05, 0.1) is 11.9 Å². The van der Waals surface area contributed by atoms with Gasteiger partial charge in [-0.1, -0.05) is 27.7 Å². The molecule has 0 aliphatic rings. The van der Waals surface area contributed by atoms with E-state index in [0.717, 1.165) is 10.7 Å². The van der Waals surface area contributed by atoms with Crippen molar-refractivity contribution in [3.63, 3.8) is 0 Å². The quantitative estimate of drug-likeness (QED) is 0.827. The van der Waals surface area contributed by atoms with E-state index in [0.29, 0.717) is 11.8 Å². The van der Waals surface area contributed by atoms with E-state index in [1.165, 1.54) is 10.6 Å². The summed E-state index contributed by atoms with van der Waals surface area (Å²) in [6, 6.07) is 0. The molecule has 0 spiro atoms. The van der Waals surface area contributed by atoms with Gasteiger partial charge in [-0.15, -0.1) is 11.3 Å². The fraction of sp³-hybridized carbons (Fsp3) is 0.462. The average molecular weight is 247 g/mol. The number of aromatic nitrogens is 3. The van der Waals surface area contributed by atoms with Crippen LogP contribution in [0.15, 0.2) is 18.6 Å². The molecule has 0 saturated heterocycles. The van der Waals surface area contributed by atoms with Gasteiger partial charge in [-0.3, -0.25) is 9.97 Å². The molecular weight excluding hydrogens is 230 g/mol. The predicted octanol–water partition coefficient (Wildman–Crippen LogP) is 3.85. The third-order valence-corrected chi connectivity index (χ3v) is 3.93. The maximum absolute atomic E-state index is 4.72. The molecule has 0 bridgehead atoms. The van der Waals surface area contributed by atoms with E-state index in [-0.39, 0.29) is 0 Å². The van der Waals surface area contributed by atoms with Crippen molar-refractivity contribution in [2.45, 2.75) is 39.5 Å². The van der Waals surface area contributed by atoms with Gasteiger partial charge < -0.3 is 0 Å². The molecule has 3 nitrogen and oxygen atoms in total. The lowest BCUT2D eigenvalue weighted by Gasteiger charge is -2.06. The first-order chi connectivity index (χ1) is 8.09. The van der Waals surface area contributed by atoms with Crippen LogP contribution < -0.4 is 0 Å². The topological polar surface area (TPSA) is 38.7 Å². The smallest absolute Gasteiger partial charge is 0.143 e. The van der Waals surface area contributed by atoms with E-state index in [1.54, 1.807) is 29.9 Å². The summed E-state index contributed by atoms with van der Waals surface area (Å²) in [6.45, 7) is 8.78. The molecule has 0 N–H and O–H groups in total. The molecule has 0 aliphatic carbocycles. The summed E-state index contributed by atoms with van der Waals surface area (Å²) in [5, 5.41) is 0.977. The Morgan fingerprint density at radius 1 is 1.06 bits per heavy atom. The van der Waals surface area contributed by atoms with Gasteiger partial charge in [-0.2, -0.15) is 0 Å². The highest BCUT2D eigenvalue weighted by Gasteiger charge is 2.17. The number of hydrogen-bond donors (Lipinski definition) is 0. The van der Waals surface area contributed by atoms with Crippen molar-refractivity contribution in [3.05, 3.63) is 29.2 Å². The first kappa shape index (κ1) is 12.2. The summed E-state index contributed by atoms with van der Waals surface area (Å²) >= 11 is 1.74. The number of hydrogen-bond acceptors (Lipinski definition) is 4. The molecule has 2 aromatic rings. The molecule has 90 valence electrons. The van der Waals surface area contributed by atoms with Crippen LogP contribution in [0.25, 0.3) is 10.7 Å². The molecule has 17 heavy (non-hydrogen) atoms. The standard InChI is InChI=1S/C13H17N3S/c1-8(2)11-12(9(3)4)17-13(16-11)10-7-14-5-6-15-10/h5-9H,1-4H3. The van der Waals surface area contributed by atoms with E-state index in [2.05, 4.69) is 37.7 Å². The monoisotopic (exact) mass is 247 g/mol. The summed E-state index contributed by atoms with van der Waals surface area (Å²) < 4.78 is 0. The average Bonchev–Trinajstić information content (AvgIpc) is 2.75. The van der Waals surface area contributed by atoms with Gasteiger partial charge >= 0.3 is 0 Å². The molecule has 0 fully saturated rings. The highest BCUT2D eigenvalue weighted by Crippen LogP contribution is 2.34. The minimum Gasteiger partial charge on any atom is -0.261 e. The van der Waals surface area contributed by atoms with Gasteiger partial charge in [-0.05, 0) is 11.8 Å². The highest BCUT2D eigenvalue weighted by molar-refractivity contribution is 7.15. The van der Waals surface area contributed by atoms with Crippen molar-refractivity contribution < 1.29 is 0 Å². The van der Waals surface area contributed by atoms with Gasteiger partial charge in [0.1, 0.15) is 10.7 Å². The molecule has 0 aromatic carbocycles. The summed E-state index contributed by atoms with van der Waals surface area (Å²) in [6.07, 6.45) is 5.16. The summed E-state index contributed by atoms with van der Waals surface area (Å²) in [7, 11) is 0. The first-order valence-corrected chi connectivity index (χ1v) is 6.68. The molecule has 2 rings (SSSR count). The van der Waals surface area contributed by atoms with Crippen LogP contribution in [0.5, 0.6) is 0 Å². The third kappa shape index (κ3) is 2.52. The molecule has 0 unspecified atom stereocenters. The zero-order chi connectivity index (χ0) is 12.4. The molecule has 2 heterocycles. The lowest BCUT2D eigenvalue weighted by atomic mass is 10.0. The summed E-state index contributed by atoms with van der Waals surface area (Å²) in [5.74, 6) is 0.962. The van der Waals surface area contributed by atoms with E-state index in [9.17, 15) is 0 Å². The Morgan fingerprint density at radius 3 is 2.29 bits per heavy atom. The minimum absolute atomic E-state index is 0.453. The van der Waals surface area contributed by atoms with Crippen molar-refractivity contribution in [3.8, 4) is 10.7 Å². The summed E-state index contributed by atoms with van der Waals surface area (Å²) in [5.41, 5.74) is 2.07. The van der Waals surface area contributed by atoms with Crippen molar-refractivity contribution in [2.75, 3.05) is 0 Å². The van der Waals surface area contributed by atoms with Crippen LogP contribution >= 0.6 is 11.3 Å². The van der Waals surface area contributed by atoms with Gasteiger partial charge in [0, 0.05) is 17.3 Å². The minimum atomic E-state index is 0.453. The lowest BCUT2D eigenvalue weighted by Crippen LogP contribution is -1.95. The number of thiazole rings is 1. The molecule has 0 amide bonds. The van der Waals surface area contributed by atoms with E-state index in [1.807, 2.05) is 0 Å². The lowest BCUT2D eigenvalue weighted by molar-refractivity contribution is 0.781. The normalized spacial score (nSPS) is 11.4. The molecule has 0 saturated carbocycles. The molecule has 4 heteroatoms. The maximum atomic E-state index is 4.72. The van der Waals surface area contributed by atoms with Gasteiger partial charge in [-0.25, -0.2) is 4.98 Å². The fourth-order valence-electron chi connectivity index (χ4n) is 1.69. The molecule has 2 aromatic heterocycles. The van der Waals surface area contributed by atoms with Crippen LogP contribution in [-0.2, 0) is 0 Å². The SMILES string of the molecule is CC(C)c1nc(-c2cnccn2)sc1C(C)C. The second kappa shape index (κ2) is 4.92. The zero-order valence-electron chi connectivity index (χ0n) is 10.6. The summed E-state index contributed by atoms with van der Waals surface area (Å²) in [4.78, 5) is 14.5. The first-order valence-electron chi connectivity index (χ1n) is 5.86. The second-order valence-corrected chi connectivity index (χ2v) is 5.70. The van der Waals surface area contributed by atoms with Crippen LogP contribution in [0.2, 0.25) is 0 Å². The van der Waals surface area contributed by atoms with Gasteiger partial charge in [0.25, 0.3) is 0 Å². The van der Waals surface area contributed by atoms with Crippen LogP contribution in [0.1, 0.15) is 50.1 Å². The van der Waals surface area contributed by atoms with Crippen molar-refractivity contribution >= 4 is 11.3 Å². The van der Waals surface area contributed by atoms with Crippen molar-refractivity contribution in [1.29, 1.82) is 0 Å². The predicted molar refractivity (Wildman–Crippen MR) is 71.3 cm³/mol. The molecule has 0 atom stereocenters. The molecular formula is C13H17N3S. The zero-order valence-corrected chi connectivity index (χ0v) is 11.5. The Morgan fingerprint density at radius 2 is 1.82 bits per heavy atom. The van der Waals surface area contributed by atoms with Crippen LogP contribution in [0, 0.1) is 0 Å². The Kier molecular flexibility index (Phi) is 3.52. The second-order valence-electron chi connectivity index (χ2n) is 4.67. The van der Waals surface area contributed by atoms with E-state index in [4.69, 9.17) is 4.98 Å². The third-order valence-electron chi connectivity index (χ3n) is 2.53.